The highest BCUT2D eigenvalue weighted by atomic mass is 32.2. The quantitative estimate of drug-likeness (QED) is 0.689. The van der Waals surface area contributed by atoms with Crippen molar-refractivity contribution in [2.45, 2.75) is 63.7 Å². The first-order valence-electron chi connectivity index (χ1n) is 10.6. The molecule has 2 aliphatic rings. The van der Waals surface area contributed by atoms with Crippen molar-refractivity contribution in [3.05, 3.63) is 35.4 Å². The molecule has 2 atom stereocenters. The van der Waals surface area contributed by atoms with Gasteiger partial charge in [0.25, 0.3) is 5.91 Å². The molecule has 2 fully saturated rings. The summed E-state index contributed by atoms with van der Waals surface area (Å²) in [4.78, 5) is 14.5. The number of nitrogens with zero attached hydrogens (tertiary/aromatic N) is 1. The minimum absolute atomic E-state index is 0.00793. The Morgan fingerprint density at radius 2 is 1.86 bits per heavy atom. The SMILES string of the molecule is CC1CCCCC1OCCS(=O)(=O)Cc1cccc(C(=O)N2CCCCC2)c1. The van der Waals surface area contributed by atoms with Gasteiger partial charge in [-0.2, -0.15) is 0 Å². The molecule has 5 nitrogen and oxygen atoms in total. The zero-order chi connectivity index (χ0) is 20.0. The van der Waals surface area contributed by atoms with Crippen LogP contribution in [0.1, 0.15) is 67.8 Å². The van der Waals surface area contributed by atoms with E-state index in [-0.39, 0.29) is 30.1 Å². The molecular weight excluding hydrogens is 374 g/mol. The number of carbonyl (C=O) groups excluding carboxylic acids is 1. The van der Waals surface area contributed by atoms with E-state index in [1.165, 1.54) is 19.3 Å². The van der Waals surface area contributed by atoms with E-state index >= 15 is 0 Å². The van der Waals surface area contributed by atoms with E-state index in [0.29, 0.717) is 17.0 Å². The van der Waals surface area contributed by atoms with Gasteiger partial charge < -0.3 is 9.64 Å². The minimum atomic E-state index is -3.27. The van der Waals surface area contributed by atoms with E-state index in [0.717, 1.165) is 38.8 Å². The lowest BCUT2D eigenvalue weighted by molar-refractivity contribution is 0.00301. The fourth-order valence-electron chi connectivity index (χ4n) is 4.26. The number of piperidine rings is 1. The van der Waals surface area contributed by atoms with Crippen LogP contribution in [0, 0.1) is 5.92 Å². The predicted molar refractivity (Wildman–Crippen MR) is 111 cm³/mol. The average Bonchev–Trinajstić information content (AvgIpc) is 2.69. The molecule has 6 heteroatoms. The van der Waals surface area contributed by atoms with Gasteiger partial charge in [-0.1, -0.05) is 31.9 Å². The van der Waals surface area contributed by atoms with E-state index in [9.17, 15) is 13.2 Å². The Kier molecular flexibility index (Phi) is 7.52. The number of benzene rings is 1. The van der Waals surface area contributed by atoms with Crippen LogP contribution in [0.4, 0.5) is 0 Å². The molecule has 0 spiro atoms. The van der Waals surface area contributed by atoms with E-state index in [4.69, 9.17) is 4.74 Å². The van der Waals surface area contributed by atoms with Gasteiger partial charge in [-0.3, -0.25) is 4.79 Å². The van der Waals surface area contributed by atoms with Gasteiger partial charge in [0.15, 0.2) is 9.84 Å². The van der Waals surface area contributed by atoms with Gasteiger partial charge >= 0.3 is 0 Å². The van der Waals surface area contributed by atoms with Crippen LogP contribution in [-0.4, -0.2) is 50.8 Å². The number of hydrogen-bond acceptors (Lipinski definition) is 4. The number of ether oxygens (including phenoxy) is 1. The summed E-state index contributed by atoms with van der Waals surface area (Å²) in [6.07, 6.45) is 8.04. The fraction of sp³-hybridized carbons (Fsp3) is 0.682. The molecule has 1 amide bonds. The molecular formula is C22H33NO4S. The number of carbonyl (C=O) groups is 1. The third-order valence-electron chi connectivity index (χ3n) is 5.96. The van der Waals surface area contributed by atoms with Gasteiger partial charge in [0.2, 0.25) is 0 Å². The zero-order valence-corrected chi connectivity index (χ0v) is 17.8. The molecule has 0 N–H and O–H groups in total. The summed E-state index contributed by atoms with van der Waals surface area (Å²) in [6.45, 7) is 4.02. The standard InChI is InChI=1S/C22H33NO4S/c1-18-8-3-4-11-21(18)27-14-15-28(25,26)17-19-9-7-10-20(16-19)22(24)23-12-5-2-6-13-23/h7,9-10,16,18,21H,2-6,8,11-15,17H2,1H3. The van der Waals surface area contributed by atoms with Crippen LogP contribution in [-0.2, 0) is 20.3 Å². The van der Waals surface area contributed by atoms with E-state index in [1.807, 2.05) is 4.90 Å². The Balaban J connectivity index is 1.54. The van der Waals surface area contributed by atoms with Crippen molar-refractivity contribution in [3.63, 3.8) is 0 Å². The van der Waals surface area contributed by atoms with Gasteiger partial charge in [0, 0.05) is 18.7 Å². The van der Waals surface area contributed by atoms with Crippen LogP contribution in [0.15, 0.2) is 24.3 Å². The summed E-state index contributed by atoms with van der Waals surface area (Å²) < 4.78 is 30.9. The van der Waals surface area contributed by atoms with Crippen molar-refractivity contribution in [1.82, 2.24) is 4.90 Å². The largest absolute Gasteiger partial charge is 0.377 e. The molecule has 1 aromatic rings. The fourth-order valence-corrected chi connectivity index (χ4v) is 5.44. The lowest BCUT2D eigenvalue weighted by Crippen LogP contribution is -2.35. The summed E-state index contributed by atoms with van der Waals surface area (Å²) in [7, 11) is -3.27. The van der Waals surface area contributed by atoms with Gasteiger partial charge in [-0.05, 0) is 55.7 Å². The van der Waals surface area contributed by atoms with Crippen molar-refractivity contribution in [2.75, 3.05) is 25.4 Å². The first-order chi connectivity index (χ1) is 13.4. The summed E-state index contributed by atoms with van der Waals surface area (Å²) in [6, 6.07) is 7.08. The summed E-state index contributed by atoms with van der Waals surface area (Å²) >= 11 is 0. The van der Waals surface area contributed by atoms with Crippen molar-refractivity contribution in [3.8, 4) is 0 Å². The third kappa shape index (κ3) is 6.05. The molecule has 2 unspecified atom stereocenters. The molecule has 1 aliphatic heterocycles. The second-order valence-electron chi connectivity index (χ2n) is 8.32. The normalized spacial score (nSPS) is 23.5. The molecule has 1 heterocycles. The zero-order valence-electron chi connectivity index (χ0n) is 16.9. The number of sulfone groups is 1. The number of likely N-dealkylation sites (tertiary alicyclic amines) is 1. The van der Waals surface area contributed by atoms with Gasteiger partial charge in [0.1, 0.15) is 0 Å². The second-order valence-corrected chi connectivity index (χ2v) is 10.5. The maximum atomic E-state index is 12.7. The van der Waals surface area contributed by atoms with Crippen molar-refractivity contribution in [1.29, 1.82) is 0 Å². The monoisotopic (exact) mass is 407 g/mol. The van der Waals surface area contributed by atoms with Crippen molar-refractivity contribution >= 4 is 15.7 Å². The molecule has 1 saturated heterocycles. The first kappa shape index (κ1) is 21.3. The van der Waals surface area contributed by atoms with Crippen LogP contribution >= 0.6 is 0 Å². The molecule has 1 aliphatic carbocycles. The summed E-state index contributed by atoms with van der Waals surface area (Å²) in [5, 5.41) is 0. The van der Waals surface area contributed by atoms with Crippen LogP contribution in [0.5, 0.6) is 0 Å². The lowest BCUT2D eigenvalue weighted by atomic mass is 9.88. The predicted octanol–water partition coefficient (Wildman–Crippen LogP) is 3.82. The van der Waals surface area contributed by atoms with Crippen molar-refractivity contribution < 1.29 is 17.9 Å². The number of amides is 1. The highest BCUT2D eigenvalue weighted by Gasteiger charge is 2.23. The maximum absolute atomic E-state index is 12.7. The summed E-state index contributed by atoms with van der Waals surface area (Å²) in [5.41, 5.74) is 1.26. The molecule has 0 radical (unpaired) electrons. The highest BCUT2D eigenvalue weighted by Crippen LogP contribution is 2.26. The van der Waals surface area contributed by atoms with E-state index in [2.05, 4.69) is 6.92 Å². The molecule has 1 aromatic carbocycles. The van der Waals surface area contributed by atoms with E-state index < -0.39 is 9.84 Å². The smallest absolute Gasteiger partial charge is 0.253 e. The maximum Gasteiger partial charge on any atom is 0.253 e. The lowest BCUT2D eigenvalue weighted by Gasteiger charge is -2.28. The van der Waals surface area contributed by atoms with Gasteiger partial charge in [0.05, 0.1) is 24.2 Å². The Morgan fingerprint density at radius 3 is 2.61 bits per heavy atom. The Hall–Kier alpha value is -1.40. The molecule has 0 aromatic heterocycles. The van der Waals surface area contributed by atoms with Gasteiger partial charge in [-0.25, -0.2) is 8.42 Å². The topological polar surface area (TPSA) is 63.7 Å². The summed E-state index contributed by atoms with van der Waals surface area (Å²) in [5.74, 6) is 0.501. The van der Waals surface area contributed by atoms with Crippen LogP contribution in [0.3, 0.4) is 0 Å². The third-order valence-corrected chi connectivity index (χ3v) is 7.52. The Bertz CT molecular complexity index is 756. The molecule has 1 saturated carbocycles. The Morgan fingerprint density at radius 1 is 1.11 bits per heavy atom. The molecule has 28 heavy (non-hydrogen) atoms. The molecule has 156 valence electrons. The van der Waals surface area contributed by atoms with Crippen LogP contribution in [0.25, 0.3) is 0 Å². The van der Waals surface area contributed by atoms with E-state index in [1.54, 1.807) is 24.3 Å². The van der Waals surface area contributed by atoms with Gasteiger partial charge in [-0.15, -0.1) is 0 Å². The minimum Gasteiger partial charge on any atom is -0.377 e. The second kappa shape index (κ2) is 9.88. The average molecular weight is 408 g/mol. The van der Waals surface area contributed by atoms with Crippen LogP contribution < -0.4 is 0 Å². The molecule has 3 rings (SSSR count). The number of rotatable bonds is 7. The van der Waals surface area contributed by atoms with Crippen molar-refractivity contribution in [2.24, 2.45) is 5.92 Å². The highest BCUT2D eigenvalue weighted by molar-refractivity contribution is 7.90. The molecule has 0 bridgehead atoms. The first-order valence-corrected chi connectivity index (χ1v) is 12.5. The number of hydrogen-bond donors (Lipinski definition) is 0. The Labute approximate surface area is 169 Å². The van der Waals surface area contributed by atoms with Crippen LogP contribution in [0.2, 0.25) is 0 Å².